The molecule has 2 heterocycles. The van der Waals surface area contributed by atoms with Gasteiger partial charge in [0.25, 0.3) is 0 Å². The molecule has 1 unspecified atom stereocenters. The van der Waals surface area contributed by atoms with Crippen molar-refractivity contribution in [2.24, 2.45) is 0 Å². The van der Waals surface area contributed by atoms with Crippen molar-refractivity contribution in [3.05, 3.63) is 24.0 Å². The van der Waals surface area contributed by atoms with Crippen molar-refractivity contribution < 1.29 is 19.4 Å². The fourth-order valence-electron chi connectivity index (χ4n) is 1.96. The molecule has 0 radical (unpaired) electrons. The molecule has 1 aromatic heterocycles. The molecule has 0 bridgehead atoms. The zero-order valence-electron chi connectivity index (χ0n) is 10.2. The van der Waals surface area contributed by atoms with Crippen LogP contribution in [0.1, 0.15) is 10.5 Å². The maximum Gasteiger partial charge on any atom is 0.356 e. The van der Waals surface area contributed by atoms with E-state index in [4.69, 9.17) is 4.74 Å². The van der Waals surface area contributed by atoms with E-state index in [1.54, 1.807) is 18.3 Å². The van der Waals surface area contributed by atoms with E-state index < -0.39 is 5.97 Å². The molecular weight excluding hydrogens is 236 g/mol. The molecule has 6 nitrogen and oxygen atoms in total. The molecule has 0 spiro atoms. The van der Waals surface area contributed by atoms with Gasteiger partial charge in [-0.3, -0.25) is 0 Å². The predicted molar refractivity (Wildman–Crippen MR) is 64.6 cm³/mol. The fourth-order valence-corrected chi connectivity index (χ4v) is 1.96. The zero-order valence-corrected chi connectivity index (χ0v) is 10.2. The summed E-state index contributed by atoms with van der Waals surface area (Å²) in [5, 5.41) is 9.32. The highest BCUT2D eigenvalue weighted by Crippen LogP contribution is 2.20. The summed E-state index contributed by atoms with van der Waals surface area (Å²) in [7, 11) is 1.32. The van der Waals surface area contributed by atoms with E-state index in [-0.39, 0.29) is 18.3 Å². The molecule has 18 heavy (non-hydrogen) atoms. The number of methoxy groups -OCH3 is 1. The van der Waals surface area contributed by atoms with E-state index >= 15 is 0 Å². The number of aliphatic hydroxyl groups excluding tert-OH is 1. The number of rotatable bonds is 3. The quantitative estimate of drug-likeness (QED) is 0.767. The van der Waals surface area contributed by atoms with Crippen LogP contribution in [-0.2, 0) is 9.47 Å². The number of aromatic nitrogens is 1. The van der Waals surface area contributed by atoms with Crippen LogP contribution in [0.3, 0.4) is 0 Å². The monoisotopic (exact) mass is 252 g/mol. The third-order valence-corrected chi connectivity index (χ3v) is 2.91. The molecule has 98 valence electrons. The number of carbonyl (C=O) groups is 1. The maximum atomic E-state index is 11.4. The molecule has 1 aliphatic rings. The molecule has 1 saturated heterocycles. The molecule has 1 atom stereocenters. The molecule has 1 N–H and O–H groups in total. The summed E-state index contributed by atoms with van der Waals surface area (Å²) in [6.45, 7) is 1.77. The van der Waals surface area contributed by atoms with Gasteiger partial charge in [0.1, 0.15) is 5.69 Å². The Morgan fingerprint density at radius 3 is 3.28 bits per heavy atom. The molecule has 1 aliphatic heterocycles. The largest absolute Gasteiger partial charge is 0.464 e. The second-order valence-corrected chi connectivity index (χ2v) is 4.00. The van der Waals surface area contributed by atoms with Gasteiger partial charge in [-0.05, 0) is 12.1 Å². The van der Waals surface area contributed by atoms with Crippen molar-refractivity contribution in [3.63, 3.8) is 0 Å². The number of esters is 1. The van der Waals surface area contributed by atoms with E-state index in [1.807, 2.05) is 4.90 Å². The van der Waals surface area contributed by atoms with Crippen LogP contribution in [0.25, 0.3) is 0 Å². The Labute approximate surface area is 105 Å². The lowest BCUT2D eigenvalue weighted by atomic mass is 10.2. The first kappa shape index (κ1) is 12.8. The van der Waals surface area contributed by atoms with Gasteiger partial charge in [0, 0.05) is 18.4 Å². The smallest absolute Gasteiger partial charge is 0.356 e. The molecular formula is C12H16N2O4. The van der Waals surface area contributed by atoms with Crippen LogP contribution in [0.2, 0.25) is 0 Å². The van der Waals surface area contributed by atoms with Gasteiger partial charge in [-0.1, -0.05) is 0 Å². The number of pyridine rings is 1. The molecule has 1 fully saturated rings. The number of morpholine rings is 1. The highest BCUT2D eigenvalue weighted by molar-refractivity contribution is 5.88. The fraction of sp³-hybridized carbons (Fsp3) is 0.500. The molecule has 0 aromatic carbocycles. The molecule has 2 rings (SSSR count). The van der Waals surface area contributed by atoms with Gasteiger partial charge in [0.05, 0.1) is 33.0 Å². The van der Waals surface area contributed by atoms with Crippen LogP contribution < -0.4 is 4.90 Å². The van der Waals surface area contributed by atoms with E-state index in [1.165, 1.54) is 7.11 Å². The first-order valence-electron chi connectivity index (χ1n) is 5.76. The third-order valence-electron chi connectivity index (χ3n) is 2.91. The zero-order chi connectivity index (χ0) is 13.0. The predicted octanol–water partition coefficient (Wildman–Crippen LogP) is 0.0657. The minimum absolute atomic E-state index is 0.00980. The van der Waals surface area contributed by atoms with Crippen molar-refractivity contribution in [1.82, 2.24) is 4.98 Å². The first-order chi connectivity index (χ1) is 8.76. The molecule has 0 saturated carbocycles. The van der Waals surface area contributed by atoms with Crippen LogP contribution in [0.4, 0.5) is 5.69 Å². The number of hydrogen-bond donors (Lipinski definition) is 1. The molecule has 6 heteroatoms. The third kappa shape index (κ3) is 2.60. The standard InChI is InChI=1S/C12H16N2O4/c1-17-12(16)11-6-9(2-3-13-11)14-4-5-18-8-10(14)7-15/h2-3,6,10,15H,4-5,7-8H2,1H3. The van der Waals surface area contributed by atoms with Gasteiger partial charge in [-0.15, -0.1) is 0 Å². The normalized spacial score (nSPS) is 19.7. The summed E-state index contributed by atoms with van der Waals surface area (Å²) in [5.74, 6) is -0.467. The average molecular weight is 252 g/mol. The summed E-state index contributed by atoms with van der Waals surface area (Å²) < 4.78 is 9.95. The van der Waals surface area contributed by atoms with E-state index in [9.17, 15) is 9.90 Å². The number of anilines is 1. The number of nitrogens with zero attached hydrogens (tertiary/aromatic N) is 2. The number of carbonyl (C=O) groups excluding carboxylic acids is 1. The van der Waals surface area contributed by atoms with Gasteiger partial charge in [-0.25, -0.2) is 9.78 Å². The van der Waals surface area contributed by atoms with Gasteiger partial charge >= 0.3 is 5.97 Å². The van der Waals surface area contributed by atoms with Crippen molar-refractivity contribution in [2.45, 2.75) is 6.04 Å². The Morgan fingerprint density at radius 1 is 1.72 bits per heavy atom. The Balaban J connectivity index is 2.23. The first-order valence-corrected chi connectivity index (χ1v) is 5.76. The van der Waals surface area contributed by atoms with Gasteiger partial charge < -0.3 is 19.5 Å². The maximum absolute atomic E-state index is 11.4. The van der Waals surface area contributed by atoms with Crippen molar-refractivity contribution in [1.29, 1.82) is 0 Å². The summed E-state index contributed by atoms with van der Waals surface area (Å²) in [6.07, 6.45) is 1.56. The lowest BCUT2D eigenvalue weighted by Crippen LogP contribution is -2.47. The molecule has 1 aromatic rings. The Kier molecular flexibility index (Phi) is 4.11. The van der Waals surface area contributed by atoms with Crippen molar-refractivity contribution >= 4 is 11.7 Å². The number of ether oxygens (including phenoxy) is 2. The lowest BCUT2D eigenvalue weighted by molar-refractivity contribution is 0.0594. The summed E-state index contributed by atoms with van der Waals surface area (Å²) in [4.78, 5) is 17.4. The van der Waals surface area contributed by atoms with Gasteiger partial charge in [-0.2, -0.15) is 0 Å². The minimum Gasteiger partial charge on any atom is -0.464 e. The van der Waals surface area contributed by atoms with Crippen LogP contribution in [-0.4, -0.2) is 55.6 Å². The topological polar surface area (TPSA) is 71.9 Å². The average Bonchev–Trinajstić information content (AvgIpc) is 2.46. The summed E-state index contributed by atoms with van der Waals surface area (Å²) >= 11 is 0. The number of aliphatic hydroxyl groups is 1. The van der Waals surface area contributed by atoms with Crippen LogP contribution in [0.15, 0.2) is 18.3 Å². The highest BCUT2D eigenvalue weighted by atomic mass is 16.5. The Hall–Kier alpha value is -1.66. The minimum atomic E-state index is -0.467. The van der Waals surface area contributed by atoms with Gasteiger partial charge in [0.2, 0.25) is 0 Å². The Bertz CT molecular complexity index is 424. The second kappa shape index (κ2) is 5.79. The van der Waals surface area contributed by atoms with Gasteiger partial charge in [0.15, 0.2) is 0 Å². The van der Waals surface area contributed by atoms with Crippen LogP contribution >= 0.6 is 0 Å². The summed E-state index contributed by atoms with van der Waals surface area (Å²) in [6, 6.07) is 3.38. The molecule has 0 amide bonds. The highest BCUT2D eigenvalue weighted by Gasteiger charge is 2.23. The van der Waals surface area contributed by atoms with E-state index in [0.717, 1.165) is 5.69 Å². The van der Waals surface area contributed by atoms with E-state index in [0.29, 0.717) is 19.8 Å². The van der Waals surface area contributed by atoms with Crippen LogP contribution in [0, 0.1) is 0 Å². The lowest BCUT2D eigenvalue weighted by Gasteiger charge is -2.36. The molecule has 0 aliphatic carbocycles. The van der Waals surface area contributed by atoms with Crippen molar-refractivity contribution in [2.75, 3.05) is 38.4 Å². The van der Waals surface area contributed by atoms with Crippen molar-refractivity contribution in [3.8, 4) is 0 Å². The van der Waals surface area contributed by atoms with Crippen LogP contribution in [0.5, 0.6) is 0 Å². The summed E-state index contributed by atoms with van der Waals surface area (Å²) in [5.41, 5.74) is 1.10. The SMILES string of the molecule is COC(=O)c1cc(N2CCOCC2CO)ccn1. The second-order valence-electron chi connectivity index (χ2n) is 4.00. The Morgan fingerprint density at radius 2 is 2.56 bits per heavy atom. The van der Waals surface area contributed by atoms with E-state index in [2.05, 4.69) is 9.72 Å². The number of hydrogen-bond acceptors (Lipinski definition) is 6.